The lowest BCUT2D eigenvalue weighted by Gasteiger charge is -2.63. The van der Waals surface area contributed by atoms with Gasteiger partial charge in [-0.05, 0) is 97.2 Å². The van der Waals surface area contributed by atoms with Gasteiger partial charge in [0.25, 0.3) is 0 Å². The van der Waals surface area contributed by atoms with Crippen LogP contribution in [0.3, 0.4) is 0 Å². The molecule has 0 aromatic carbocycles. The molecule has 3 nitrogen and oxygen atoms in total. The Bertz CT molecular complexity index is 605. The quantitative estimate of drug-likeness (QED) is 0.557. The Kier molecular flexibility index (Phi) is 6.41. The molecule has 0 bridgehead atoms. The van der Waals surface area contributed by atoms with Crippen molar-refractivity contribution in [3.63, 3.8) is 0 Å². The Morgan fingerprint density at radius 1 is 0.867 bits per heavy atom. The maximum absolute atomic E-state index is 11.6. The molecule has 174 valence electrons. The van der Waals surface area contributed by atoms with Crippen molar-refractivity contribution in [1.29, 1.82) is 0 Å². The van der Waals surface area contributed by atoms with Gasteiger partial charge in [-0.25, -0.2) is 0 Å². The van der Waals surface area contributed by atoms with E-state index in [4.69, 9.17) is 0 Å². The largest absolute Gasteiger partial charge is 0.393 e. The first-order chi connectivity index (χ1) is 14.1. The molecule has 0 heterocycles. The van der Waals surface area contributed by atoms with Crippen LogP contribution >= 0.6 is 0 Å². The van der Waals surface area contributed by atoms with Gasteiger partial charge in [0.15, 0.2) is 0 Å². The lowest BCUT2D eigenvalue weighted by molar-refractivity contribution is -0.207. The van der Waals surface area contributed by atoms with Crippen LogP contribution < -0.4 is 0 Å². The fraction of sp³-hybridized carbons (Fsp3) is 1.00. The van der Waals surface area contributed by atoms with E-state index in [1.807, 2.05) is 0 Å². The van der Waals surface area contributed by atoms with Crippen molar-refractivity contribution >= 4 is 0 Å². The number of hydrogen-bond donors (Lipinski definition) is 3. The summed E-state index contributed by atoms with van der Waals surface area (Å²) in [5, 5.41) is 33.2. The zero-order valence-electron chi connectivity index (χ0n) is 20.2. The summed E-state index contributed by atoms with van der Waals surface area (Å²) in [6.45, 7) is 11.8. The standard InChI is InChI=1S/C27H48O3/c1-16(2)7-6-8-17(3)20-9-10-21-25-22(15-24(30)27(20,21)5)26(4)12-11-19(28)13-18(26)14-23(25)29/h16-25,28-30H,6-15H2,1-5H3/t17-,18+,19-,20+,21-,22-,23+,24-,25-,26-,27+/m0/s1. The van der Waals surface area contributed by atoms with Crippen LogP contribution in [-0.2, 0) is 0 Å². The van der Waals surface area contributed by atoms with Crippen molar-refractivity contribution in [1.82, 2.24) is 0 Å². The highest BCUT2D eigenvalue weighted by Gasteiger charge is 2.65. The first-order valence-electron chi connectivity index (χ1n) is 13.1. The molecule has 4 aliphatic rings. The predicted molar refractivity (Wildman–Crippen MR) is 122 cm³/mol. The predicted octanol–water partition coefficient (Wildman–Crippen LogP) is 5.41. The number of rotatable bonds is 5. The average Bonchev–Trinajstić information content (AvgIpc) is 3.02. The third kappa shape index (κ3) is 3.59. The Labute approximate surface area is 185 Å². The molecule has 11 atom stereocenters. The monoisotopic (exact) mass is 420 g/mol. The SMILES string of the molecule is CC(C)CCC[C@H](C)[C@H]1CC[C@H]2[C@@H]3[C@H](O)C[C@H]4C[C@@H](O)CC[C@]4(C)[C@H]3C[C@H](O)[C@]12C. The minimum Gasteiger partial charge on any atom is -0.393 e. The third-order valence-corrected chi connectivity index (χ3v) is 11.0. The Hall–Kier alpha value is -0.120. The van der Waals surface area contributed by atoms with Crippen molar-refractivity contribution < 1.29 is 15.3 Å². The van der Waals surface area contributed by atoms with Crippen molar-refractivity contribution in [2.24, 2.45) is 52.3 Å². The second-order valence-corrected chi connectivity index (χ2v) is 12.8. The van der Waals surface area contributed by atoms with E-state index in [1.165, 1.54) is 32.1 Å². The second-order valence-electron chi connectivity index (χ2n) is 12.8. The van der Waals surface area contributed by atoms with E-state index in [0.29, 0.717) is 35.5 Å². The summed E-state index contributed by atoms with van der Waals surface area (Å²) in [6, 6.07) is 0. The van der Waals surface area contributed by atoms with Crippen LogP contribution in [0.1, 0.15) is 98.8 Å². The van der Waals surface area contributed by atoms with Crippen molar-refractivity contribution in [2.45, 2.75) is 117 Å². The van der Waals surface area contributed by atoms with E-state index in [0.717, 1.165) is 38.0 Å². The lowest BCUT2D eigenvalue weighted by Crippen LogP contribution is -2.62. The van der Waals surface area contributed by atoms with Gasteiger partial charge in [0, 0.05) is 0 Å². The van der Waals surface area contributed by atoms with Crippen LogP contribution in [-0.4, -0.2) is 33.6 Å². The fourth-order valence-electron chi connectivity index (χ4n) is 9.18. The molecule has 0 saturated heterocycles. The summed E-state index contributed by atoms with van der Waals surface area (Å²) in [6.07, 6.45) is 10.0. The molecule has 30 heavy (non-hydrogen) atoms. The topological polar surface area (TPSA) is 60.7 Å². The Morgan fingerprint density at radius 2 is 1.60 bits per heavy atom. The molecular weight excluding hydrogens is 372 g/mol. The Morgan fingerprint density at radius 3 is 2.30 bits per heavy atom. The highest BCUT2D eigenvalue weighted by atomic mass is 16.3. The maximum atomic E-state index is 11.6. The molecule has 3 N–H and O–H groups in total. The summed E-state index contributed by atoms with van der Waals surface area (Å²) >= 11 is 0. The molecule has 0 aromatic heterocycles. The summed E-state index contributed by atoms with van der Waals surface area (Å²) in [5.74, 6) is 3.59. The lowest BCUT2D eigenvalue weighted by atomic mass is 9.43. The van der Waals surface area contributed by atoms with Crippen molar-refractivity contribution in [3.8, 4) is 0 Å². The molecule has 3 heteroatoms. The van der Waals surface area contributed by atoms with E-state index in [-0.39, 0.29) is 29.1 Å². The van der Waals surface area contributed by atoms with Gasteiger partial charge in [-0.3, -0.25) is 0 Å². The molecule has 0 radical (unpaired) electrons. The summed E-state index contributed by atoms with van der Waals surface area (Å²) in [7, 11) is 0. The minimum atomic E-state index is -0.259. The smallest absolute Gasteiger partial charge is 0.0602 e. The zero-order valence-corrected chi connectivity index (χ0v) is 20.2. The molecule has 0 unspecified atom stereocenters. The van der Waals surface area contributed by atoms with Crippen LogP contribution in [0.4, 0.5) is 0 Å². The van der Waals surface area contributed by atoms with Gasteiger partial charge in [0.1, 0.15) is 0 Å². The molecule has 4 aliphatic carbocycles. The van der Waals surface area contributed by atoms with Crippen LogP contribution in [0.2, 0.25) is 0 Å². The number of fused-ring (bicyclic) bond motifs is 5. The third-order valence-electron chi connectivity index (χ3n) is 11.0. The second kappa shape index (κ2) is 8.34. The van der Waals surface area contributed by atoms with Gasteiger partial charge in [0.05, 0.1) is 18.3 Å². The first kappa shape index (κ1) is 23.1. The number of aliphatic hydroxyl groups is 3. The highest BCUT2D eigenvalue weighted by molar-refractivity contribution is 5.14. The zero-order chi connectivity index (χ0) is 21.8. The van der Waals surface area contributed by atoms with Gasteiger partial charge >= 0.3 is 0 Å². The molecule has 0 amide bonds. The maximum Gasteiger partial charge on any atom is 0.0602 e. The minimum absolute atomic E-state index is 0.0449. The molecular formula is C27H48O3. The number of aliphatic hydroxyl groups excluding tert-OH is 3. The highest BCUT2D eigenvalue weighted by Crippen LogP contribution is 2.68. The van der Waals surface area contributed by atoms with Gasteiger partial charge < -0.3 is 15.3 Å². The average molecular weight is 421 g/mol. The van der Waals surface area contributed by atoms with Crippen LogP contribution in [0.15, 0.2) is 0 Å². The number of hydrogen-bond acceptors (Lipinski definition) is 3. The summed E-state index contributed by atoms with van der Waals surface area (Å²) in [4.78, 5) is 0. The van der Waals surface area contributed by atoms with Crippen LogP contribution in [0.5, 0.6) is 0 Å². The van der Waals surface area contributed by atoms with E-state index >= 15 is 0 Å². The molecule has 0 aromatic rings. The molecule has 4 fully saturated rings. The van der Waals surface area contributed by atoms with Crippen molar-refractivity contribution in [2.75, 3.05) is 0 Å². The molecule has 0 spiro atoms. The van der Waals surface area contributed by atoms with Crippen LogP contribution in [0.25, 0.3) is 0 Å². The molecule has 4 rings (SSSR count). The normalized spacial score (nSPS) is 51.9. The summed E-state index contributed by atoms with van der Waals surface area (Å²) < 4.78 is 0. The first-order valence-corrected chi connectivity index (χ1v) is 13.1. The summed E-state index contributed by atoms with van der Waals surface area (Å²) in [5.41, 5.74) is 0.128. The van der Waals surface area contributed by atoms with Gasteiger partial charge in [0.2, 0.25) is 0 Å². The molecule has 0 aliphatic heterocycles. The molecule has 4 saturated carbocycles. The van der Waals surface area contributed by atoms with Gasteiger partial charge in [-0.2, -0.15) is 0 Å². The Balaban J connectivity index is 1.56. The van der Waals surface area contributed by atoms with Gasteiger partial charge in [-0.1, -0.05) is 53.9 Å². The fourth-order valence-corrected chi connectivity index (χ4v) is 9.18. The van der Waals surface area contributed by atoms with Crippen molar-refractivity contribution in [3.05, 3.63) is 0 Å². The van der Waals surface area contributed by atoms with Crippen LogP contribution in [0, 0.1) is 52.3 Å². The van der Waals surface area contributed by atoms with E-state index in [1.54, 1.807) is 0 Å². The van der Waals surface area contributed by atoms with E-state index in [9.17, 15) is 15.3 Å². The van der Waals surface area contributed by atoms with E-state index in [2.05, 4.69) is 34.6 Å². The van der Waals surface area contributed by atoms with Gasteiger partial charge in [-0.15, -0.1) is 0 Å². The van der Waals surface area contributed by atoms with E-state index < -0.39 is 0 Å².